The minimum Gasteiger partial charge on any atom is -0.308 e. The van der Waals surface area contributed by atoms with E-state index in [-0.39, 0.29) is 0 Å². The second-order valence-electron chi connectivity index (χ2n) is 7.27. The summed E-state index contributed by atoms with van der Waals surface area (Å²) in [5.74, 6) is 0. The fraction of sp³-hybridized carbons (Fsp3) is 0. The van der Waals surface area contributed by atoms with Gasteiger partial charge in [-0.05, 0) is 46.2 Å². The molecule has 0 atom stereocenters. The highest BCUT2D eigenvalue weighted by Crippen LogP contribution is 2.36. The number of benzene rings is 4. The van der Waals surface area contributed by atoms with Gasteiger partial charge in [0, 0.05) is 11.4 Å². The van der Waals surface area contributed by atoms with Crippen molar-refractivity contribution in [2.75, 3.05) is 4.90 Å². The molecular formula is C26H20BN3. The van der Waals surface area contributed by atoms with Crippen LogP contribution >= 0.6 is 0 Å². The summed E-state index contributed by atoms with van der Waals surface area (Å²) >= 11 is 0. The van der Waals surface area contributed by atoms with Gasteiger partial charge in [-0.1, -0.05) is 72.8 Å². The van der Waals surface area contributed by atoms with Gasteiger partial charge in [-0.25, -0.2) is 0 Å². The van der Waals surface area contributed by atoms with Gasteiger partial charge in [-0.3, -0.25) is 9.97 Å². The Morgan fingerprint density at radius 2 is 1.13 bits per heavy atom. The molecule has 0 saturated carbocycles. The highest BCUT2D eigenvalue weighted by Gasteiger charge is 2.14. The second-order valence-corrected chi connectivity index (χ2v) is 7.27. The van der Waals surface area contributed by atoms with Crippen LogP contribution in [0.3, 0.4) is 0 Å². The molecular weight excluding hydrogens is 365 g/mol. The van der Waals surface area contributed by atoms with Crippen molar-refractivity contribution >= 4 is 41.4 Å². The topological polar surface area (TPSA) is 29.0 Å². The molecule has 0 radical (unpaired) electrons. The van der Waals surface area contributed by atoms with Gasteiger partial charge < -0.3 is 4.90 Å². The molecule has 0 bridgehead atoms. The van der Waals surface area contributed by atoms with Gasteiger partial charge >= 0.3 is 0 Å². The van der Waals surface area contributed by atoms with E-state index in [4.69, 9.17) is 0 Å². The molecule has 0 unspecified atom stereocenters. The summed E-state index contributed by atoms with van der Waals surface area (Å²) in [6.45, 7) is 0. The van der Waals surface area contributed by atoms with E-state index in [2.05, 4.69) is 106 Å². The number of fused-ring (bicyclic) bond motifs is 1. The van der Waals surface area contributed by atoms with Crippen molar-refractivity contribution in [1.29, 1.82) is 0 Å². The van der Waals surface area contributed by atoms with Crippen LogP contribution in [0.15, 0.2) is 109 Å². The van der Waals surface area contributed by atoms with Crippen LogP contribution in [0, 0.1) is 0 Å². The maximum atomic E-state index is 4.43. The van der Waals surface area contributed by atoms with Crippen molar-refractivity contribution in [3.63, 3.8) is 0 Å². The Morgan fingerprint density at radius 3 is 1.87 bits per heavy atom. The molecule has 30 heavy (non-hydrogen) atoms. The Balaban J connectivity index is 1.61. The van der Waals surface area contributed by atoms with E-state index < -0.39 is 0 Å². The molecule has 0 saturated heterocycles. The minimum atomic E-state index is 0.761. The highest BCUT2D eigenvalue weighted by molar-refractivity contribution is 6.28. The van der Waals surface area contributed by atoms with Crippen molar-refractivity contribution < 1.29 is 0 Å². The zero-order chi connectivity index (χ0) is 20.3. The molecule has 3 nitrogen and oxygen atoms in total. The third-order valence-electron chi connectivity index (χ3n) is 5.25. The first kappa shape index (κ1) is 18.1. The molecule has 0 N–H and O–H groups in total. The molecule has 5 rings (SSSR count). The van der Waals surface area contributed by atoms with Crippen LogP contribution in [0.1, 0.15) is 0 Å². The van der Waals surface area contributed by atoms with Crippen LogP contribution < -0.4 is 10.6 Å². The highest BCUT2D eigenvalue weighted by atomic mass is 15.2. The Morgan fingerprint density at radius 1 is 0.533 bits per heavy atom. The second kappa shape index (κ2) is 7.84. The van der Waals surface area contributed by atoms with Crippen molar-refractivity contribution in [3.05, 3.63) is 109 Å². The largest absolute Gasteiger partial charge is 0.308 e. The lowest BCUT2D eigenvalue weighted by Crippen LogP contribution is -2.16. The van der Waals surface area contributed by atoms with Crippen LogP contribution in [0.5, 0.6) is 0 Å². The number of hydrogen-bond acceptors (Lipinski definition) is 3. The maximum absolute atomic E-state index is 4.43. The molecule has 0 aliphatic heterocycles. The van der Waals surface area contributed by atoms with Crippen LogP contribution in [0.25, 0.3) is 21.9 Å². The van der Waals surface area contributed by atoms with Crippen molar-refractivity contribution in [1.82, 2.24) is 9.97 Å². The van der Waals surface area contributed by atoms with Crippen molar-refractivity contribution in [2.45, 2.75) is 0 Å². The van der Waals surface area contributed by atoms with Crippen LogP contribution in [0.2, 0.25) is 0 Å². The first-order chi connectivity index (χ1) is 14.8. The SMILES string of the molecule is Bc1ncc(N(c2ccc(-c3ccccc3)cc2)c2ccc3ccccc3c2)cn1. The average molecular weight is 385 g/mol. The Hall–Kier alpha value is -3.92. The van der Waals surface area contributed by atoms with Crippen molar-refractivity contribution in [3.8, 4) is 11.1 Å². The van der Waals surface area contributed by atoms with Gasteiger partial charge in [0.2, 0.25) is 0 Å². The molecule has 0 spiro atoms. The van der Waals surface area contributed by atoms with Gasteiger partial charge in [0.15, 0.2) is 7.85 Å². The molecule has 4 heteroatoms. The van der Waals surface area contributed by atoms with E-state index in [0.717, 1.165) is 22.8 Å². The summed E-state index contributed by atoms with van der Waals surface area (Å²) in [4.78, 5) is 11.0. The summed E-state index contributed by atoms with van der Waals surface area (Å²) in [6.07, 6.45) is 3.76. The van der Waals surface area contributed by atoms with Gasteiger partial charge in [-0.2, -0.15) is 0 Å². The molecule has 1 heterocycles. The lowest BCUT2D eigenvalue weighted by Gasteiger charge is -2.25. The molecule has 4 aromatic carbocycles. The molecule has 0 aliphatic rings. The van der Waals surface area contributed by atoms with Gasteiger partial charge in [0.25, 0.3) is 0 Å². The number of hydrogen-bond donors (Lipinski definition) is 0. The van der Waals surface area contributed by atoms with E-state index in [9.17, 15) is 0 Å². The molecule has 142 valence electrons. The van der Waals surface area contributed by atoms with E-state index in [0.29, 0.717) is 0 Å². The third kappa shape index (κ3) is 3.56. The quantitative estimate of drug-likeness (QED) is 0.407. The lowest BCUT2D eigenvalue weighted by molar-refractivity contribution is 1.18. The Bertz CT molecular complexity index is 1280. The number of rotatable bonds is 4. The monoisotopic (exact) mass is 385 g/mol. The first-order valence-corrected chi connectivity index (χ1v) is 10.0. The van der Waals surface area contributed by atoms with Gasteiger partial charge in [0.05, 0.1) is 23.8 Å². The molecule has 5 aromatic rings. The first-order valence-electron chi connectivity index (χ1n) is 10.0. The van der Waals surface area contributed by atoms with E-state index in [1.807, 2.05) is 26.3 Å². The summed E-state index contributed by atoms with van der Waals surface area (Å²) < 4.78 is 0. The molecule has 0 aliphatic carbocycles. The molecule has 1 aromatic heterocycles. The van der Waals surface area contributed by atoms with Crippen LogP contribution in [-0.2, 0) is 0 Å². The third-order valence-corrected chi connectivity index (χ3v) is 5.25. The zero-order valence-corrected chi connectivity index (χ0v) is 16.7. The Kier molecular flexibility index (Phi) is 4.74. The van der Waals surface area contributed by atoms with Gasteiger partial charge in [0.1, 0.15) is 0 Å². The standard InChI is InChI=1S/C26H20BN3/c27-26-28-17-25(18-29-26)30(24-15-12-20-8-4-5-9-22(20)16-24)23-13-10-21(11-14-23)19-6-2-1-3-7-19/h1-18H,27H2. The summed E-state index contributed by atoms with van der Waals surface area (Å²) in [5, 5.41) is 2.43. The smallest absolute Gasteiger partial charge is 0.189 e. The van der Waals surface area contributed by atoms with E-state index in [1.54, 1.807) is 0 Å². The fourth-order valence-corrected chi connectivity index (χ4v) is 3.70. The zero-order valence-electron chi connectivity index (χ0n) is 16.7. The summed E-state index contributed by atoms with van der Waals surface area (Å²) in [6, 6.07) is 34.0. The summed E-state index contributed by atoms with van der Waals surface area (Å²) in [7, 11) is 1.90. The van der Waals surface area contributed by atoms with Crippen LogP contribution in [0.4, 0.5) is 17.1 Å². The van der Waals surface area contributed by atoms with Gasteiger partial charge in [-0.15, -0.1) is 0 Å². The van der Waals surface area contributed by atoms with E-state index in [1.165, 1.54) is 21.9 Å². The predicted octanol–water partition coefficient (Wildman–Crippen LogP) is 5.03. The van der Waals surface area contributed by atoms with Crippen molar-refractivity contribution in [2.24, 2.45) is 0 Å². The minimum absolute atomic E-state index is 0.761. The fourth-order valence-electron chi connectivity index (χ4n) is 3.70. The average Bonchev–Trinajstić information content (AvgIpc) is 2.81. The summed E-state index contributed by atoms with van der Waals surface area (Å²) in [5.41, 5.74) is 6.24. The normalized spacial score (nSPS) is 10.8. The predicted molar refractivity (Wildman–Crippen MR) is 128 cm³/mol. The number of aromatic nitrogens is 2. The maximum Gasteiger partial charge on any atom is 0.189 e. The Labute approximate surface area is 177 Å². The lowest BCUT2D eigenvalue weighted by atomic mass is 10.0. The van der Waals surface area contributed by atoms with Crippen LogP contribution in [-0.4, -0.2) is 17.8 Å². The molecule has 0 fully saturated rings. The van der Waals surface area contributed by atoms with E-state index >= 15 is 0 Å². The number of nitrogens with zero attached hydrogens (tertiary/aromatic N) is 3. The number of anilines is 3. The molecule has 0 amide bonds.